The first kappa shape index (κ1) is 18.3. The molecule has 0 amide bonds. The summed E-state index contributed by atoms with van der Waals surface area (Å²) >= 11 is 1.69. The number of aliphatic imine (C=N–C) groups is 1. The monoisotopic (exact) mass is 346 g/mol. The number of benzene rings is 1. The van der Waals surface area contributed by atoms with Gasteiger partial charge in [0, 0.05) is 31.9 Å². The van der Waals surface area contributed by atoms with Gasteiger partial charge in [0.2, 0.25) is 0 Å². The number of hydrogen-bond donors (Lipinski definition) is 1. The van der Waals surface area contributed by atoms with Crippen molar-refractivity contribution >= 4 is 17.3 Å². The van der Waals surface area contributed by atoms with E-state index in [2.05, 4.69) is 32.5 Å². The van der Waals surface area contributed by atoms with Crippen LogP contribution in [0.2, 0.25) is 0 Å². The summed E-state index contributed by atoms with van der Waals surface area (Å²) in [5.74, 6) is 1.80. The van der Waals surface area contributed by atoms with Crippen LogP contribution in [0.15, 0.2) is 40.7 Å². The molecule has 0 atom stereocenters. The smallest absolute Gasteiger partial charge is 0.193 e. The van der Waals surface area contributed by atoms with Crippen LogP contribution in [0.4, 0.5) is 0 Å². The van der Waals surface area contributed by atoms with Gasteiger partial charge in [0.1, 0.15) is 12.4 Å². The van der Waals surface area contributed by atoms with E-state index in [1.807, 2.05) is 44.3 Å². The Balaban J connectivity index is 1.80. The third kappa shape index (κ3) is 6.20. The molecule has 0 saturated heterocycles. The number of nitrogens with zero attached hydrogens (tertiary/aromatic N) is 3. The molecule has 24 heavy (non-hydrogen) atoms. The van der Waals surface area contributed by atoms with E-state index in [0.29, 0.717) is 6.61 Å². The van der Waals surface area contributed by atoms with Gasteiger partial charge in [0.25, 0.3) is 0 Å². The Morgan fingerprint density at radius 2 is 2.12 bits per heavy atom. The van der Waals surface area contributed by atoms with Crippen molar-refractivity contribution in [1.82, 2.24) is 15.2 Å². The van der Waals surface area contributed by atoms with E-state index in [4.69, 9.17) is 4.74 Å². The SMILES string of the molecule is CCNC(=NCCc1csc(C)n1)N(C)CCOc1ccccc1. The number of aromatic nitrogens is 1. The maximum absolute atomic E-state index is 5.75. The first-order chi connectivity index (χ1) is 11.7. The predicted molar refractivity (Wildman–Crippen MR) is 101 cm³/mol. The van der Waals surface area contributed by atoms with Crippen LogP contribution in [0, 0.1) is 6.92 Å². The van der Waals surface area contributed by atoms with Gasteiger partial charge < -0.3 is 15.0 Å². The normalized spacial score (nSPS) is 11.4. The fourth-order valence-corrected chi connectivity index (χ4v) is 2.84. The van der Waals surface area contributed by atoms with Gasteiger partial charge >= 0.3 is 0 Å². The minimum atomic E-state index is 0.621. The lowest BCUT2D eigenvalue weighted by atomic mass is 10.3. The number of thiazole rings is 1. The van der Waals surface area contributed by atoms with Gasteiger partial charge in [-0.2, -0.15) is 0 Å². The Labute approximate surface area is 148 Å². The molecular weight excluding hydrogens is 320 g/mol. The quantitative estimate of drug-likeness (QED) is 0.590. The zero-order chi connectivity index (χ0) is 17.2. The number of rotatable bonds is 8. The van der Waals surface area contributed by atoms with Crippen molar-refractivity contribution in [3.63, 3.8) is 0 Å². The van der Waals surface area contributed by atoms with Crippen molar-refractivity contribution in [2.24, 2.45) is 4.99 Å². The van der Waals surface area contributed by atoms with Gasteiger partial charge in [-0.3, -0.25) is 4.99 Å². The van der Waals surface area contributed by atoms with Crippen LogP contribution in [-0.4, -0.2) is 49.1 Å². The molecule has 0 saturated carbocycles. The molecule has 0 radical (unpaired) electrons. The number of likely N-dealkylation sites (N-methyl/N-ethyl adjacent to an activating group) is 1. The van der Waals surface area contributed by atoms with Crippen LogP contribution in [0.5, 0.6) is 5.75 Å². The zero-order valence-electron chi connectivity index (χ0n) is 14.7. The number of nitrogens with one attached hydrogen (secondary N) is 1. The zero-order valence-corrected chi connectivity index (χ0v) is 15.5. The minimum Gasteiger partial charge on any atom is -0.492 e. The lowest BCUT2D eigenvalue weighted by molar-refractivity contribution is 0.281. The Hall–Kier alpha value is -2.08. The molecule has 1 heterocycles. The highest BCUT2D eigenvalue weighted by Gasteiger charge is 2.06. The van der Waals surface area contributed by atoms with Crippen LogP contribution in [0.3, 0.4) is 0 Å². The van der Waals surface area contributed by atoms with Crippen molar-refractivity contribution in [2.45, 2.75) is 20.3 Å². The highest BCUT2D eigenvalue weighted by Crippen LogP contribution is 2.09. The van der Waals surface area contributed by atoms with Gasteiger partial charge in [-0.05, 0) is 26.0 Å². The van der Waals surface area contributed by atoms with Crippen molar-refractivity contribution in [3.05, 3.63) is 46.4 Å². The summed E-state index contributed by atoms with van der Waals surface area (Å²) in [5, 5.41) is 6.54. The van der Waals surface area contributed by atoms with E-state index in [9.17, 15) is 0 Å². The van der Waals surface area contributed by atoms with Crippen LogP contribution in [0.1, 0.15) is 17.6 Å². The maximum atomic E-state index is 5.75. The number of aryl methyl sites for hydroxylation is 1. The van der Waals surface area contributed by atoms with Gasteiger partial charge in [0.05, 0.1) is 17.2 Å². The molecule has 1 aromatic carbocycles. The molecule has 0 spiro atoms. The van der Waals surface area contributed by atoms with Gasteiger partial charge in [-0.1, -0.05) is 18.2 Å². The summed E-state index contributed by atoms with van der Waals surface area (Å²) in [5.41, 5.74) is 1.12. The number of guanidine groups is 1. The molecule has 0 bridgehead atoms. The summed E-state index contributed by atoms with van der Waals surface area (Å²) in [6.45, 7) is 7.08. The maximum Gasteiger partial charge on any atom is 0.193 e. The van der Waals surface area contributed by atoms with Crippen LogP contribution < -0.4 is 10.1 Å². The second-order valence-corrected chi connectivity index (χ2v) is 6.49. The second kappa shape index (κ2) is 9.93. The largest absolute Gasteiger partial charge is 0.492 e. The lowest BCUT2D eigenvalue weighted by Crippen LogP contribution is -2.41. The fraction of sp³-hybridized carbons (Fsp3) is 0.444. The van der Waals surface area contributed by atoms with Crippen LogP contribution >= 0.6 is 11.3 Å². The Morgan fingerprint density at radius 3 is 2.79 bits per heavy atom. The first-order valence-electron chi connectivity index (χ1n) is 8.27. The van der Waals surface area contributed by atoms with E-state index in [1.165, 1.54) is 0 Å². The number of ether oxygens (including phenoxy) is 1. The van der Waals surface area contributed by atoms with Crippen molar-refractivity contribution in [2.75, 3.05) is 33.3 Å². The van der Waals surface area contributed by atoms with Gasteiger partial charge in [-0.25, -0.2) is 4.98 Å². The van der Waals surface area contributed by atoms with E-state index in [-0.39, 0.29) is 0 Å². The van der Waals surface area contributed by atoms with Crippen molar-refractivity contribution in [3.8, 4) is 5.75 Å². The summed E-state index contributed by atoms with van der Waals surface area (Å²) in [7, 11) is 2.03. The Kier molecular flexibility index (Phi) is 7.55. The first-order valence-corrected chi connectivity index (χ1v) is 9.15. The molecule has 130 valence electrons. The van der Waals surface area contributed by atoms with Gasteiger partial charge in [-0.15, -0.1) is 11.3 Å². The summed E-state index contributed by atoms with van der Waals surface area (Å²) < 4.78 is 5.75. The molecule has 1 N–H and O–H groups in total. The summed E-state index contributed by atoms with van der Waals surface area (Å²) in [6.07, 6.45) is 0.869. The van der Waals surface area contributed by atoms with E-state index in [0.717, 1.165) is 48.5 Å². The molecule has 0 aliphatic rings. The van der Waals surface area contributed by atoms with Crippen molar-refractivity contribution < 1.29 is 4.74 Å². The fourth-order valence-electron chi connectivity index (χ4n) is 2.19. The predicted octanol–water partition coefficient (Wildman–Crippen LogP) is 2.97. The molecule has 0 aliphatic carbocycles. The van der Waals surface area contributed by atoms with Crippen molar-refractivity contribution in [1.29, 1.82) is 0 Å². The third-order valence-corrected chi connectivity index (χ3v) is 4.25. The number of para-hydroxylation sites is 1. The highest BCUT2D eigenvalue weighted by atomic mass is 32.1. The molecule has 5 nitrogen and oxygen atoms in total. The summed E-state index contributed by atoms with van der Waals surface area (Å²) in [6, 6.07) is 9.87. The molecule has 0 aliphatic heterocycles. The number of hydrogen-bond acceptors (Lipinski definition) is 4. The molecule has 0 fully saturated rings. The average molecular weight is 346 g/mol. The second-order valence-electron chi connectivity index (χ2n) is 5.43. The molecule has 1 aromatic heterocycles. The van der Waals surface area contributed by atoms with Gasteiger partial charge in [0.15, 0.2) is 5.96 Å². The molecule has 2 aromatic rings. The van der Waals surface area contributed by atoms with E-state index in [1.54, 1.807) is 11.3 Å². The Morgan fingerprint density at radius 1 is 1.33 bits per heavy atom. The van der Waals surface area contributed by atoms with E-state index >= 15 is 0 Å². The third-order valence-electron chi connectivity index (χ3n) is 3.43. The topological polar surface area (TPSA) is 49.8 Å². The standard InChI is InChI=1S/C18H26N4OS/c1-4-19-18(20-11-10-16-14-24-15(2)21-16)22(3)12-13-23-17-8-6-5-7-9-17/h5-9,14H,4,10-13H2,1-3H3,(H,19,20). The molecule has 0 unspecified atom stereocenters. The van der Waals surface area contributed by atoms with Crippen LogP contribution in [0.25, 0.3) is 0 Å². The highest BCUT2D eigenvalue weighted by molar-refractivity contribution is 7.09. The van der Waals surface area contributed by atoms with Crippen LogP contribution in [-0.2, 0) is 6.42 Å². The Bertz CT molecular complexity index is 627. The lowest BCUT2D eigenvalue weighted by Gasteiger charge is -2.22. The molecule has 6 heteroatoms. The summed E-state index contributed by atoms with van der Waals surface area (Å²) in [4.78, 5) is 11.3. The van der Waals surface area contributed by atoms with E-state index < -0.39 is 0 Å². The molecular formula is C18H26N4OS. The minimum absolute atomic E-state index is 0.621. The average Bonchev–Trinajstić information content (AvgIpc) is 3.00. The molecule has 2 rings (SSSR count).